The summed E-state index contributed by atoms with van der Waals surface area (Å²) in [5.41, 5.74) is 3.05. The van der Waals surface area contributed by atoms with E-state index in [9.17, 15) is 19.2 Å². The van der Waals surface area contributed by atoms with E-state index in [1.54, 1.807) is 0 Å². The van der Waals surface area contributed by atoms with Gasteiger partial charge in [-0.15, -0.1) is 0 Å². The van der Waals surface area contributed by atoms with Crippen molar-refractivity contribution >= 4 is 0 Å². The number of hydrogen-bond donors (Lipinski definition) is 2. The van der Waals surface area contributed by atoms with Crippen LogP contribution in [0, 0.1) is 0 Å². The molecule has 0 atom stereocenters. The van der Waals surface area contributed by atoms with E-state index in [0.717, 1.165) is 112 Å². The third kappa shape index (κ3) is 4.39. The molecule has 2 saturated carbocycles. The second-order valence-corrected chi connectivity index (χ2v) is 10.4. The van der Waals surface area contributed by atoms with Crippen LogP contribution in [-0.4, -0.2) is 19.1 Å². The van der Waals surface area contributed by atoms with Gasteiger partial charge >= 0.3 is 11.4 Å². The van der Waals surface area contributed by atoms with Crippen LogP contribution < -0.4 is 22.5 Å². The van der Waals surface area contributed by atoms with Gasteiger partial charge in [-0.3, -0.25) is 18.7 Å². The first-order valence-corrected chi connectivity index (χ1v) is 13.3. The Morgan fingerprint density at radius 3 is 1.26 bits per heavy atom. The Kier molecular flexibility index (Phi) is 6.75. The summed E-state index contributed by atoms with van der Waals surface area (Å²) in [4.78, 5) is 54.5. The molecule has 184 valence electrons. The standard InChI is InChI=1S/2C13H18N2O2/c2*16-12-10-7-4-8-11(10)14-13(17)15(12)9-5-2-1-3-6-9/h2*9H,1-8H2,(H,14,17). The predicted octanol–water partition coefficient (Wildman–Crippen LogP) is 3.06. The molecule has 2 fully saturated rings. The molecule has 0 unspecified atom stereocenters. The number of fused-ring (bicyclic) bond motifs is 2. The molecular formula is C26H36N4O4. The minimum Gasteiger partial charge on any atom is -0.311 e. The molecule has 0 radical (unpaired) electrons. The molecule has 4 aliphatic carbocycles. The van der Waals surface area contributed by atoms with Crippen molar-refractivity contribution in [1.82, 2.24) is 19.1 Å². The molecular weight excluding hydrogens is 432 g/mol. The van der Waals surface area contributed by atoms with Crippen molar-refractivity contribution in [3.8, 4) is 0 Å². The lowest BCUT2D eigenvalue weighted by Gasteiger charge is -2.23. The van der Waals surface area contributed by atoms with E-state index in [4.69, 9.17) is 0 Å². The average molecular weight is 469 g/mol. The van der Waals surface area contributed by atoms with Gasteiger partial charge in [-0.05, 0) is 64.2 Å². The van der Waals surface area contributed by atoms with Gasteiger partial charge in [-0.2, -0.15) is 0 Å². The van der Waals surface area contributed by atoms with Gasteiger partial charge in [0.1, 0.15) is 0 Å². The van der Waals surface area contributed by atoms with Crippen LogP contribution in [0.15, 0.2) is 19.2 Å². The van der Waals surface area contributed by atoms with Crippen LogP contribution in [-0.2, 0) is 25.7 Å². The van der Waals surface area contributed by atoms with E-state index in [0.29, 0.717) is 0 Å². The van der Waals surface area contributed by atoms with Crippen LogP contribution in [0.4, 0.5) is 0 Å². The number of rotatable bonds is 2. The first kappa shape index (κ1) is 23.1. The summed E-state index contributed by atoms with van der Waals surface area (Å²) in [6, 6.07) is 0.261. The zero-order chi connectivity index (χ0) is 23.7. The fourth-order valence-electron chi connectivity index (χ4n) is 6.43. The molecule has 34 heavy (non-hydrogen) atoms. The summed E-state index contributed by atoms with van der Waals surface area (Å²) < 4.78 is 2.98. The molecule has 2 heterocycles. The number of H-pyrrole nitrogens is 2. The Morgan fingerprint density at radius 1 is 0.500 bits per heavy atom. The van der Waals surface area contributed by atoms with Crippen molar-refractivity contribution in [2.45, 2.75) is 115 Å². The second kappa shape index (κ2) is 9.92. The zero-order valence-corrected chi connectivity index (χ0v) is 20.0. The molecule has 8 nitrogen and oxygen atoms in total. The van der Waals surface area contributed by atoms with E-state index in [1.165, 1.54) is 22.0 Å². The van der Waals surface area contributed by atoms with Crippen LogP contribution in [0.3, 0.4) is 0 Å². The molecule has 0 aliphatic heterocycles. The monoisotopic (exact) mass is 468 g/mol. The summed E-state index contributed by atoms with van der Waals surface area (Å²) in [7, 11) is 0. The van der Waals surface area contributed by atoms with Gasteiger partial charge in [-0.25, -0.2) is 9.59 Å². The fraction of sp³-hybridized carbons (Fsp3) is 0.692. The molecule has 0 amide bonds. The van der Waals surface area contributed by atoms with Crippen LogP contribution in [0.25, 0.3) is 0 Å². The molecule has 0 saturated heterocycles. The minimum atomic E-state index is -0.192. The van der Waals surface area contributed by atoms with E-state index < -0.39 is 0 Å². The smallest absolute Gasteiger partial charge is 0.311 e. The van der Waals surface area contributed by atoms with Gasteiger partial charge in [-0.1, -0.05) is 38.5 Å². The predicted molar refractivity (Wildman–Crippen MR) is 131 cm³/mol. The normalized spacial score (nSPS) is 20.5. The van der Waals surface area contributed by atoms with Gasteiger partial charge in [0.05, 0.1) is 0 Å². The van der Waals surface area contributed by atoms with Crippen molar-refractivity contribution in [1.29, 1.82) is 0 Å². The molecule has 2 N–H and O–H groups in total. The molecule has 8 heteroatoms. The van der Waals surface area contributed by atoms with Crippen LogP contribution in [0.5, 0.6) is 0 Å². The lowest BCUT2D eigenvalue weighted by molar-refractivity contribution is 0.335. The van der Waals surface area contributed by atoms with Crippen molar-refractivity contribution < 1.29 is 0 Å². The van der Waals surface area contributed by atoms with E-state index in [2.05, 4.69) is 9.97 Å². The van der Waals surface area contributed by atoms with Gasteiger partial charge < -0.3 is 9.97 Å². The topological polar surface area (TPSA) is 110 Å². The maximum Gasteiger partial charge on any atom is 0.328 e. The van der Waals surface area contributed by atoms with Crippen LogP contribution in [0.2, 0.25) is 0 Å². The summed E-state index contributed by atoms with van der Waals surface area (Å²) in [6.07, 6.45) is 16.2. The van der Waals surface area contributed by atoms with Gasteiger partial charge in [0, 0.05) is 34.6 Å². The maximum atomic E-state index is 12.3. The van der Waals surface area contributed by atoms with Crippen molar-refractivity contribution in [3.63, 3.8) is 0 Å². The molecule has 0 bridgehead atoms. The van der Waals surface area contributed by atoms with E-state index >= 15 is 0 Å². The first-order valence-electron chi connectivity index (χ1n) is 13.3. The van der Waals surface area contributed by atoms with Crippen molar-refractivity contribution in [3.05, 3.63) is 64.2 Å². The second-order valence-electron chi connectivity index (χ2n) is 10.4. The summed E-state index contributed by atoms with van der Waals surface area (Å²) in [6.45, 7) is 0. The molecule has 2 aromatic heterocycles. The van der Waals surface area contributed by atoms with E-state index in [1.807, 2.05) is 0 Å². The quantitative estimate of drug-likeness (QED) is 0.706. The number of aromatic amines is 2. The van der Waals surface area contributed by atoms with Crippen LogP contribution >= 0.6 is 0 Å². The van der Waals surface area contributed by atoms with Crippen molar-refractivity contribution in [2.24, 2.45) is 0 Å². The molecule has 0 spiro atoms. The Morgan fingerprint density at radius 2 is 0.882 bits per heavy atom. The highest BCUT2D eigenvalue weighted by atomic mass is 16.2. The summed E-state index contributed by atoms with van der Waals surface area (Å²) in [5.74, 6) is 0. The summed E-state index contributed by atoms with van der Waals surface area (Å²) in [5, 5.41) is 0. The lowest BCUT2D eigenvalue weighted by Crippen LogP contribution is -2.40. The average Bonchev–Trinajstić information content (AvgIpc) is 3.51. The third-order valence-electron chi connectivity index (χ3n) is 8.22. The van der Waals surface area contributed by atoms with E-state index in [-0.39, 0.29) is 34.6 Å². The van der Waals surface area contributed by atoms with Gasteiger partial charge in [0.25, 0.3) is 11.1 Å². The van der Waals surface area contributed by atoms with Gasteiger partial charge in [0.2, 0.25) is 0 Å². The Balaban J connectivity index is 0.000000142. The first-order chi connectivity index (χ1) is 16.5. The Hall–Kier alpha value is -2.64. The molecule has 4 aliphatic rings. The van der Waals surface area contributed by atoms with Gasteiger partial charge in [0.15, 0.2) is 0 Å². The fourth-order valence-corrected chi connectivity index (χ4v) is 6.43. The van der Waals surface area contributed by atoms with Crippen molar-refractivity contribution in [2.75, 3.05) is 0 Å². The Bertz CT molecular complexity index is 1170. The number of nitrogens with one attached hydrogen (secondary N) is 2. The molecule has 2 aromatic rings. The maximum absolute atomic E-state index is 12.3. The highest BCUT2D eigenvalue weighted by Crippen LogP contribution is 2.27. The molecule has 6 rings (SSSR count). The van der Waals surface area contributed by atoms with Crippen LogP contribution in [0.1, 0.15) is 112 Å². The highest BCUT2D eigenvalue weighted by Gasteiger charge is 2.25. The summed E-state index contributed by atoms with van der Waals surface area (Å²) >= 11 is 0. The zero-order valence-electron chi connectivity index (χ0n) is 20.0. The SMILES string of the molecule is O=c1[nH]c2c(c(=O)n1C1CCCCC1)CCC2.O=c1[nH]c2c(c(=O)n1C1CCCCC1)CCC2. The third-order valence-corrected chi connectivity index (χ3v) is 8.22. The minimum absolute atomic E-state index is 0.0202. The number of nitrogens with zero attached hydrogens (tertiary/aromatic N) is 2. The largest absolute Gasteiger partial charge is 0.328 e. The number of aryl methyl sites for hydroxylation is 2. The molecule has 0 aromatic carbocycles. The Labute approximate surface area is 198 Å². The number of hydrogen-bond acceptors (Lipinski definition) is 4. The highest BCUT2D eigenvalue weighted by molar-refractivity contribution is 5.23. The number of aromatic nitrogens is 4. The lowest BCUT2D eigenvalue weighted by atomic mass is 9.95.